The van der Waals surface area contributed by atoms with Crippen molar-refractivity contribution in [3.63, 3.8) is 0 Å². The molecule has 5 nitrogen and oxygen atoms in total. The number of carbonyl (C=O) groups is 1. The molecule has 1 amide bonds. The second-order valence-corrected chi connectivity index (χ2v) is 9.09. The van der Waals surface area contributed by atoms with Crippen molar-refractivity contribution >= 4 is 44.0 Å². The van der Waals surface area contributed by atoms with Gasteiger partial charge >= 0.3 is 0 Å². The maximum Gasteiger partial charge on any atom is 0.277 e. The highest BCUT2D eigenvalue weighted by molar-refractivity contribution is 9.11. The summed E-state index contributed by atoms with van der Waals surface area (Å²) in [5, 5.41) is 3.99. The summed E-state index contributed by atoms with van der Waals surface area (Å²) >= 11 is 6.85. The molecule has 0 radical (unpaired) electrons. The summed E-state index contributed by atoms with van der Waals surface area (Å²) in [6, 6.07) is 9.72. The Hall–Kier alpha value is -1.86. The molecule has 2 rings (SSSR count). The molecule has 2 aromatic carbocycles. The number of methoxy groups -OCH3 is 1. The van der Waals surface area contributed by atoms with Crippen LogP contribution in [0, 0.1) is 6.92 Å². The Bertz CT molecular complexity index is 890. The summed E-state index contributed by atoms with van der Waals surface area (Å²) in [5.41, 5.74) is 5.47. The van der Waals surface area contributed by atoms with E-state index >= 15 is 0 Å². The van der Waals surface area contributed by atoms with Gasteiger partial charge in [-0.2, -0.15) is 5.10 Å². The summed E-state index contributed by atoms with van der Waals surface area (Å²) < 4.78 is 12.6. The number of ether oxygens (including phenoxy) is 2. The van der Waals surface area contributed by atoms with Crippen LogP contribution in [0.1, 0.15) is 37.5 Å². The third-order valence-corrected chi connectivity index (χ3v) is 5.08. The van der Waals surface area contributed by atoms with Gasteiger partial charge in [0.25, 0.3) is 5.91 Å². The predicted octanol–water partition coefficient (Wildman–Crippen LogP) is 5.36. The lowest BCUT2D eigenvalue weighted by atomic mass is 9.86. The molecular formula is C21H24Br2N2O3. The van der Waals surface area contributed by atoms with Gasteiger partial charge in [0.1, 0.15) is 11.5 Å². The van der Waals surface area contributed by atoms with E-state index in [1.807, 2.05) is 31.2 Å². The summed E-state index contributed by atoms with van der Waals surface area (Å²) in [6.45, 7) is 8.33. The average molecular weight is 512 g/mol. The van der Waals surface area contributed by atoms with Gasteiger partial charge in [-0.25, -0.2) is 5.43 Å². The summed E-state index contributed by atoms with van der Waals surface area (Å²) in [4.78, 5) is 12.0. The lowest BCUT2D eigenvalue weighted by molar-refractivity contribution is -0.123. The highest BCUT2D eigenvalue weighted by Gasteiger charge is 2.15. The normalized spacial score (nSPS) is 11.5. The Morgan fingerprint density at radius 1 is 1.21 bits per heavy atom. The molecule has 0 aliphatic heterocycles. The maximum atomic E-state index is 12.0. The molecule has 0 bridgehead atoms. The molecule has 1 N–H and O–H groups in total. The Kier molecular flexibility index (Phi) is 7.66. The fourth-order valence-electron chi connectivity index (χ4n) is 2.52. The van der Waals surface area contributed by atoms with E-state index in [0.717, 1.165) is 20.1 Å². The number of nitrogens with zero attached hydrogens (tertiary/aromatic N) is 1. The Morgan fingerprint density at radius 2 is 1.93 bits per heavy atom. The highest BCUT2D eigenvalue weighted by Crippen LogP contribution is 2.31. The fourth-order valence-corrected chi connectivity index (χ4v) is 3.94. The van der Waals surface area contributed by atoms with E-state index in [-0.39, 0.29) is 17.9 Å². The van der Waals surface area contributed by atoms with E-state index in [4.69, 9.17) is 9.47 Å². The third kappa shape index (κ3) is 6.07. The van der Waals surface area contributed by atoms with Gasteiger partial charge in [-0.15, -0.1) is 0 Å². The van der Waals surface area contributed by atoms with Crippen molar-refractivity contribution in [2.75, 3.05) is 13.7 Å². The van der Waals surface area contributed by atoms with Crippen molar-refractivity contribution in [3.8, 4) is 11.5 Å². The monoisotopic (exact) mass is 510 g/mol. The minimum atomic E-state index is -0.344. The number of hydrazone groups is 1. The SMILES string of the molecule is COc1c(Br)cc(Br)cc1/C=N/NC(=O)COc1ccc(C(C)(C)C)cc1C. The number of carbonyl (C=O) groups excluding carboxylic acids is 1. The molecule has 0 atom stereocenters. The third-order valence-electron chi connectivity index (χ3n) is 4.03. The summed E-state index contributed by atoms with van der Waals surface area (Å²) in [7, 11) is 1.57. The highest BCUT2D eigenvalue weighted by atomic mass is 79.9. The van der Waals surface area contributed by atoms with Crippen LogP contribution < -0.4 is 14.9 Å². The zero-order chi connectivity index (χ0) is 20.9. The van der Waals surface area contributed by atoms with Crippen LogP contribution in [0.15, 0.2) is 44.4 Å². The molecule has 0 unspecified atom stereocenters. The second kappa shape index (κ2) is 9.56. The molecule has 0 heterocycles. The first kappa shape index (κ1) is 22.4. The van der Waals surface area contributed by atoms with Crippen LogP contribution in [0.4, 0.5) is 0 Å². The lowest BCUT2D eigenvalue weighted by Gasteiger charge is -2.20. The molecule has 0 fully saturated rings. The number of benzene rings is 2. The molecule has 28 heavy (non-hydrogen) atoms. The van der Waals surface area contributed by atoms with Gasteiger partial charge in [-0.1, -0.05) is 48.8 Å². The maximum absolute atomic E-state index is 12.0. The van der Waals surface area contributed by atoms with Gasteiger partial charge in [0.2, 0.25) is 0 Å². The standard InChI is InChI=1S/C21H24Br2N2O3/c1-13-8-15(21(2,3)4)6-7-18(13)28-12-19(26)25-24-11-14-9-16(22)10-17(23)20(14)27-5/h6-11H,12H2,1-5H3,(H,25,26)/b24-11+. The zero-order valence-corrected chi connectivity index (χ0v) is 19.8. The predicted molar refractivity (Wildman–Crippen MR) is 120 cm³/mol. The summed E-state index contributed by atoms with van der Waals surface area (Å²) in [6.07, 6.45) is 1.52. The minimum Gasteiger partial charge on any atom is -0.495 e. The number of hydrogen-bond donors (Lipinski definition) is 1. The van der Waals surface area contributed by atoms with Gasteiger partial charge in [-0.05, 0) is 57.6 Å². The molecule has 0 saturated carbocycles. The van der Waals surface area contributed by atoms with E-state index < -0.39 is 0 Å². The average Bonchev–Trinajstić information content (AvgIpc) is 2.59. The molecule has 2 aromatic rings. The van der Waals surface area contributed by atoms with E-state index in [0.29, 0.717) is 11.5 Å². The van der Waals surface area contributed by atoms with Crippen LogP contribution in [0.2, 0.25) is 0 Å². The molecule has 0 saturated heterocycles. The van der Waals surface area contributed by atoms with Crippen molar-refractivity contribution in [1.29, 1.82) is 0 Å². The van der Waals surface area contributed by atoms with E-state index in [1.54, 1.807) is 7.11 Å². The van der Waals surface area contributed by atoms with Gasteiger partial charge in [-0.3, -0.25) is 4.79 Å². The zero-order valence-electron chi connectivity index (χ0n) is 16.6. The van der Waals surface area contributed by atoms with E-state index in [1.165, 1.54) is 11.8 Å². The van der Waals surface area contributed by atoms with E-state index in [9.17, 15) is 4.79 Å². The topological polar surface area (TPSA) is 59.9 Å². The van der Waals surface area contributed by atoms with Gasteiger partial charge < -0.3 is 9.47 Å². The van der Waals surface area contributed by atoms with Gasteiger partial charge in [0, 0.05) is 10.0 Å². The van der Waals surface area contributed by atoms with Crippen LogP contribution in [-0.4, -0.2) is 25.8 Å². The second-order valence-electron chi connectivity index (χ2n) is 7.32. The molecule has 0 aliphatic carbocycles. The van der Waals surface area contributed by atoms with Crippen LogP contribution in [0.3, 0.4) is 0 Å². The first-order chi connectivity index (χ1) is 13.1. The quantitative estimate of drug-likeness (QED) is 0.419. The molecule has 0 aliphatic rings. The molecular weight excluding hydrogens is 488 g/mol. The van der Waals surface area contributed by atoms with Crippen molar-refractivity contribution < 1.29 is 14.3 Å². The van der Waals surface area contributed by atoms with Gasteiger partial charge in [0.15, 0.2) is 6.61 Å². The Labute approximate surface area is 182 Å². The number of amides is 1. The van der Waals surface area contributed by atoms with Crippen LogP contribution >= 0.6 is 31.9 Å². The number of halogens is 2. The largest absolute Gasteiger partial charge is 0.495 e. The van der Waals surface area contributed by atoms with Gasteiger partial charge in [0.05, 0.1) is 17.8 Å². The molecule has 0 spiro atoms. The number of hydrogen-bond acceptors (Lipinski definition) is 4. The van der Waals surface area contributed by atoms with Crippen LogP contribution in [-0.2, 0) is 10.2 Å². The van der Waals surface area contributed by atoms with E-state index in [2.05, 4.69) is 69.2 Å². The minimum absolute atomic E-state index is 0.0673. The van der Waals surface area contributed by atoms with Crippen LogP contribution in [0.5, 0.6) is 11.5 Å². The van der Waals surface area contributed by atoms with Crippen molar-refractivity contribution in [1.82, 2.24) is 5.43 Å². The van der Waals surface area contributed by atoms with Crippen LogP contribution in [0.25, 0.3) is 0 Å². The van der Waals surface area contributed by atoms with Crippen molar-refractivity contribution in [2.45, 2.75) is 33.1 Å². The lowest BCUT2D eigenvalue weighted by Crippen LogP contribution is -2.24. The Balaban J connectivity index is 1.96. The molecule has 150 valence electrons. The fraction of sp³-hybridized carbons (Fsp3) is 0.333. The Morgan fingerprint density at radius 3 is 2.54 bits per heavy atom. The first-order valence-corrected chi connectivity index (χ1v) is 10.3. The molecule has 0 aromatic heterocycles. The number of nitrogens with one attached hydrogen (secondary N) is 1. The smallest absolute Gasteiger partial charge is 0.277 e. The van der Waals surface area contributed by atoms with Crippen molar-refractivity contribution in [2.24, 2.45) is 5.10 Å². The molecule has 7 heteroatoms. The summed E-state index contributed by atoms with van der Waals surface area (Å²) in [5.74, 6) is 0.973. The first-order valence-electron chi connectivity index (χ1n) is 8.70. The number of rotatable bonds is 6. The van der Waals surface area contributed by atoms with Crippen molar-refractivity contribution in [3.05, 3.63) is 56.0 Å². The number of aryl methyl sites for hydroxylation is 1.